The highest BCUT2D eigenvalue weighted by Crippen LogP contribution is 2.35. The van der Waals surface area contributed by atoms with Crippen LogP contribution in [-0.2, 0) is 5.41 Å². The van der Waals surface area contributed by atoms with Gasteiger partial charge in [-0.05, 0) is 61.6 Å². The molecule has 0 aliphatic rings. The van der Waals surface area contributed by atoms with E-state index in [1.54, 1.807) is 0 Å². The van der Waals surface area contributed by atoms with E-state index in [1.807, 2.05) is 13.0 Å². The van der Waals surface area contributed by atoms with Crippen LogP contribution in [0.3, 0.4) is 0 Å². The van der Waals surface area contributed by atoms with Crippen LogP contribution in [0.25, 0.3) is 22.3 Å². The number of hydrogen-bond donors (Lipinski definition) is 0. The van der Waals surface area contributed by atoms with Gasteiger partial charge in [-0.15, -0.1) is 0 Å². The number of aryl methyl sites for hydroxylation is 2. The Labute approximate surface area is 150 Å². The zero-order valence-corrected chi connectivity index (χ0v) is 16.1. The smallest absolute Gasteiger partial charge is 0.367 e. The summed E-state index contributed by atoms with van der Waals surface area (Å²) in [6.45, 7) is 13.5. The zero-order chi connectivity index (χ0) is 18.2. The van der Waals surface area contributed by atoms with E-state index in [9.17, 15) is 0 Å². The van der Waals surface area contributed by atoms with Gasteiger partial charge in [-0.25, -0.2) is 4.42 Å². The lowest BCUT2D eigenvalue weighted by Gasteiger charge is -2.18. The molecule has 0 aliphatic carbocycles. The summed E-state index contributed by atoms with van der Waals surface area (Å²) in [6, 6.07) is 14.9. The minimum atomic E-state index is 0.143. The second-order valence-electron chi connectivity index (χ2n) is 7.69. The van der Waals surface area contributed by atoms with Crippen LogP contribution >= 0.6 is 0 Å². The fourth-order valence-electron chi connectivity index (χ4n) is 3.16. The fraction of sp³-hybridized carbons (Fsp3) is 0.348. The molecule has 0 saturated heterocycles. The van der Waals surface area contributed by atoms with Crippen molar-refractivity contribution in [3.05, 3.63) is 59.2 Å². The molecule has 0 spiro atoms. The van der Waals surface area contributed by atoms with Crippen molar-refractivity contribution >= 4 is 11.0 Å². The van der Waals surface area contributed by atoms with Crippen molar-refractivity contribution in [3.8, 4) is 17.1 Å². The Bertz CT molecular complexity index is 900. The third kappa shape index (κ3) is 3.53. The first-order valence-corrected chi connectivity index (χ1v) is 8.91. The van der Waals surface area contributed by atoms with Gasteiger partial charge in [-0.2, -0.15) is 0 Å². The molecule has 25 heavy (non-hydrogen) atoms. The van der Waals surface area contributed by atoms with Crippen molar-refractivity contribution in [2.75, 3.05) is 6.61 Å². The molecule has 3 rings (SSSR count). The molecule has 0 bridgehead atoms. The van der Waals surface area contributed by atoms with Crippen LogP contribution in [0, 0.1) is 13.8 Å². The third-order valence-electron chi connectivity index (χ3n) is 4.49. The van der Waals surface area contributed by atoms with Gasteiger partial charge in [0, 0.05) is 0 Å². The van der Waals surface area contributed by atoms with Crippen molar-refractivity contribution < 1.29 is 9.15 Å². The van der Waals surface area contributed by atoms with Gasteiger partial charge in [0.15, 0.2) is 0 Å². The molecular formula is C23H27O2+. The maximum absolute atomic E-state index is 6.27. The molecule has 2 aromatic carbocycles. The first kappa shape index (κ1) is 17.5. The second-order valence-corrected chi connectivity index (χ2v) is 7.69. The Morgan fingerprint density at radius 1 is 0.960 bits per heavy atom. The molecule has 0 fully saturated rings. The Morgan fingerprint density at radius 3 is 2.24 bits per heavy atom. The van der Waals surface area contributed by atoms with Crippen molar-refractivity contribution in [2.45, 2.75) is 47.0 Å². The highest BCUT2D eigenvalue weighted by Gasteiger charge is 2.23. The van der Waals surface area contributed by atoms with Crippen LogP contribution < -0.4 is 4.74 Å². The summed E-state index contributed by atoms with van der Waals surface area (Å²) >= 11 is 0. The molecule has 0 atom stereocenters. The summed E-state index contributed by atoms with van der Waals surface area (Å²) in [6.07, 6.45) is 0. The first-order valence-electron chi connectivity index (χ1n) is 8.91. The van der Waals surface area contributed by atoms with Crippen molar-refractivity contribution in [2.24, 2.45) is 0 Å². The van der Waals surface area contributed by atoms with Gasteiger partial charge in [0.1, 0.15) is 11.1 Å². The molecular weight excluding hydrogens is 308 g/mol. The monoisotopic (exact) mass is 335 g/mol. The Kier molecular flexibility index (Phi) is 4.55. The molecule has 0 radical (unpaired) electrons. The molecule has 0 saturated carbocycles. The summed E-state index contributed by atoms with van der Waals surface area (Å²) in [5.41, 5.74) is 5.76. The van der Waals surface area contributed by atoms with Gasteiger partial charge < -0.3 is 4.74 Å². The zero-order valence-electron chi connectivity index (χ0n) is 16.1. The highest BCUT2D eigenvalue weighted by molar-refractivity contribution is 5.88. The van der Waals surface area contributed by atoms with Crippen LogP contribution in [0.2, 0.25) is 0 Å². The van der Waals surface area contributed by atoms with Gasteiger partial charge in [-0.1, -0.05) is 32.9 Å². The lowest BCUT2D eigenvalue weighted by Crippen LogP contribution is -2.10. The van der Waals surface area contributed by atoms with Crippen molar-refractivity contribution in [3.63, 3.8) is 0 Å². The fourth-order valence-corrected chi connectivity index (χ4v) is 3.16. The van der Waals surface area contributed by atoms with E-state index >= 15 is 0 Å². The molecule has 2 nitrogen and oxygen atoms in total. The van der Waals surface area contributed by atoms with E-state index in [1.165, 1.54) is 11.1 Å². The molecule has 1 heterocycles. The van der Waals surface area contributed by atoms with Crippen molar-refractivity contribution in [1.29, 1.82) is 0 Å². The third-order valence-corrected chi connectivity index (χ3v) is 4.49. The SMILES string of the molecule is CCOc1cc(-c2ccc(C(C)(C)C)cc2)[o+]c2c(C)cc(C)cc12. The van der Waals surface area contributed by atoms with Crippen LogP contribution in [0.4, 0.5) is 0 Å². The lowest BCUT2D eigenvalue weighted by atomic mass is 9.86. The maximum atomic E-state index is 6.27. The number of rotatable bonds is 3. The largest absolute Gasteiger partial charge is 0.493 e. The Hall–Kier alpha value is -2.35. The quantitative estimate of drug-likeness (QED) is 0.497. The standard InChI is InChI=1S/C23H27O2/c1-7-24-21-14-20(17-8-10-18(11-9-17)23(4,5)6)25-22-16(3)12-15(2)13-19(21)22/h8-14H,7H2,1-6H3/q+1. The van der Waals surface area contributed by atoms with Gasteiger partial charge in [0.05, 0.1) is 23.8 Å². The van der Waals surface area contributed by atoms with E-state index in [0.717, 1.165) is 33.6 Å². The van der Waals surface area contributed by atoms with Gasteiger partial charge in [0.25, 0.3) is 0 Å². The van der Waals surface area contributed by atoms with Crippen LogP contribution in [0.1, 0.15) is 44.4 Å². The average molecular weight is 335 g/mol. The molecule has 1 aromatic heterocycles. The highest BCUT2D eigenvalue weighted by atomic mass is 16.5. The number of ether oxygens (including phenoxy) is 1. The van der Waals surface area contributed by atoms with E-state index in [2.05, 4.69) is 71.0 Å². The van der Waals surface area contributed by atoms with Gasteiger partial charge in [-0.3, -0.25) is 0 Å². The van der Waals surface area contributed by atoms with E-state index < -0.39 is 0 Å². The number of benzene rings is 2. The van der Waals surface area contributed by atoms with Crippen LogP contribution in [0.5, 0.6) is 5.75 Å². The molecule has 0 aliphatic heterocycles. The van der Waals surface area contributed by atoms with Crippen LogP contribution in [0.15, 0.2) is 46.9 Å². The summed E-state index contributed by atoms with van der Waals surface area (Å²) in [5.74, 6) is 1.72. The number of hydrogen-bond acceptors (Lipinski definition) is 1. The van der Waals surface area contributed by atoms with Gasteiger partial charge >= 0.3 is 11.3 Å². The van der Waals surface area contributed by atoms with Gasteiger partial charge in [0.2, 0.25) is 0 Å². The van der Waals surface area contributed by atoms with E-state index in [0.29, 0.717) is 6.61 Å². The normalized spacial score (nSPS) is 11.8. The number of fused-ring (bicyclic) bond motifs is 1. The molecule has 130 valence electrons. The maximum Gasteiger partial charge on any atom is 0.367 e. The van der Waals surface area contributed by atoms with E-state index in [-0.39, 0.29) is 5.41 Å². The summed E-state index contributed by atoms with van der Waals surface area (Å²) in [7, 11) is 0. The molecule has 0 amide bonds. The minimum Gasteiger partial charge on any atom is -0.493 e. The predicted octanol–water partition coefficient (Wildman–Crippen LogP) is 6.69. The summed E-state index contributed by atoms with van der Waals surface area (Å²) < 4.78 is 12.2. The molecule has 2 heteroatoms. The molecule has 0 unspecified atom stereocenters. The minimum absolute atomic E-state index is 0.143. The van der Waals surface area contributed by atoms with E-state index in [4.69, 9.17) is 9.15 Å². The summed E-state index contributed by atoms with van der Waals surface area (Å²) in [4.78, 5) is 0. The van der Waals surface area contributed by atoms with Crippen molar-refractivity contribution in [1.82, 2.24) is 0 Å². The lowest BCUT2D eigenvalue weighted by molar-refractivity contribution is 0.342. The summed E-state index contributed by atoms with van der Waals surface area (Å²) in [5, 5.41) is 1.04. The predicted molar refractivity (Wildman–Crippen MR) is 105 cm³/mol. The first-order chi connectivity index (χ1) is 11.8. The molecule has 0 N–H and O–H groups in total. The average Bonchev–Trinajstić information content (AvgIpc) is 2.55. The molecule has 3 aromatic rings. The second kappa shape index (κ2) is 6.51. The Morgan fingerprint density at radius 2 is 1.64 bits per heavy atom. The Balaban J connectivity index is 2.16. The van der Waals surface area contributed by atoms with Crippen LogP contribution in [-0.4, -0.2) is 6.61 Å². The topological polar surface area (TPSA) is 20.5 Å².